The summed E-state index contributed by atoms with van der Waals surface area (Å²) >= 11 is 2.28. The number of rotatable bonds is 8. The fourth-order valence-corrected chi connectivity index (χ4v) is 3.46. The molecule has 5 heteroatoms. The normalized spacial score (nSPS) is 24.2. The molecular formula is C21H23IO4. The lowest BCUT2D eigenvalue weighted by Crippen LogP contribution is -2.18. The second kappa shape index (κ2) is 7.37. The maximum atomic E-state index is 5.78. The highest BCUT2D eigenvalue weighted by molar-refractivity contribution is 14.1. The van der Waals surface area contributed by atoms with Gasteiger partial charge in [-0.15, -0.1) is 0 Å². The van der Waals surface area contributed by atoms with Crippen LogP contribution in [-0.4, -0.2) is 36.1 Å². The maximum absolute atomic E-state index is 5.78. The lowest BCUT2D eigenvalue weighted by Gasteiger charge is -2.26. The monoisotopic (exact) mass is 466 g/mol. The summed E-state index contributed by atoms with van der Waals surface area (Å²) in [5.41, 5.74) is 2.41. The van der Waals surface area contributed by atoms with Gasteiger partial charge in [0.05, 0.1) is 6.61 Å². The Bertz CT molecular complexity index is 738. The summed E-state index contributed by atoms with van der Waals surface area (Å²) in [6.45, 7) is 6.53. The quantitative estimate of drug-likeness (QED) is 0.330. The Hall–Kier alpha value is -1.31. The first-order valence-electron chi connectivity index (χ1n) is 8.90. The van der Waals surface area contributed by atoms with Crippen molar-refractivity contribution in [1.29, 1.82) is 0 Å². The number of epoxide rings is 2. The lowest BCUT2D eigenvalue weighted by atomic mass is 9.78. The van der Waals surface area contributed by atoms with E-state index in [1.807, 2.05) is 24.3 Å². The van der Waals surface area contributed by atoms with E-state index in [1.54, 1.807) is 0 Å². The van der Waals surface area contributed by atoms with Crippen LogP contribution in [0.2, 0.25) is 0 Å². The zero-order valence-corrected chi connectivity index (χ0v) is 17.1. The van der Waals surface area contributed by atoms with Crippen molar-refractivity contribution in [3.63, 3.8) is 0 Å². The lowest BCUT2D eigenvalue weighted by molar-refractivity contribution is 0.262. The average Bonchev–Trinajstić information content (AvgIpc) is 3.57. The largest absolute Gasteiger partial charge is 0.491 e. The zero-order chi connectivity index (χ0) is 18.1. The van der Waals surface area contributed by atoms with E-state index >= 15 is 0 Å². The SMILES string of the molecule is CC(C)(c1ccc(OCC2CO2)cc1)c1ccc(OCC2OC2I)cc1. The number of hydrogen-bond donors (Lipinski definition) is 0. The highest BCUT2D eigenvalue weighted by Crippen LogP contribution is 2.34. The van der Waals surface area contributed by atoms with Crippen LogP contribution in [0.4, 0.5) is 0 Å². The molecule has 0 aliphatic carbocycles. The van der Waals surface area contributed by atoms with Crippen LogP contribution in [0.1, 0.15) is 25.0 Å². The Kier molecular flexibility index (Phi) is 5.12. The molecule has 2 heterocycles. The number of alkyl halides is 1. The average molecular weight is 466 g/mol. The molecule has 0 bridgehead atoms. The Morgan fingerprint density at radius 2 is 1.38 bits per heavy atom. The standard InChI is InChI=1S/C21H23IO4/c1-21(2,14-3-7-16(8-4-14)23-11-18-12-24-18)15-5-9-17(10-6-15)25-13-19-20(22)26-19/h3-10,18-20H,11-13H2,1-2H3. The van der Waals surface area contributed by atoms with E-state index in [2.05, 4.69) is 60.7 Å². The van der Waals surface area contributed by atoms with Crippen molar-refractivity contribution < 1.29 is 18.9 Å². The van der Waals surface area contributed by atoms with Crippen LogP contribution < -0.4 is 9.47 Å². The van der Waals surface area contributed by atoms with Crippen LogP contribution in [0.15, 0.2) is 48.5 Å². The molecule has 2 saturated heterocycles. The third kappa shape index (κ3) is 4.32. The van der Waals surface area contributed by atoms with Gasteiger partial charge in [0.2, 0.25) is 0 Å². The predicted molar refractivity (Wildman–Crippen MR) is 108 cm³/mol. The van der Waals surface area contributed by atoms with Crippen molar-refractivity contribution in [2.24, 2.45) is 0 Å². The molecule has 0 saturated carbocycles. The van der Waals surface area contributed by atoms with Crippen molar-refractivity contribution in [3.8, 4) is 11.5 Å². The second-order valence-electron chi connectivity index (χ2n) is 7.28. The van der Waals surface area contributed by atoms with Crippen LogP contribution in [0.5, 0.6) is 11.5 Å². The first-order valence-corrected chi connectivity index (χ1v) is 10.1. The molecule has 3 atom stereocenters. The van der Waals surface area contributed by atoms with Crippen LogP contribution in [0.25, 0.3) is 0 Å². The Morgan fingerprint density at radius 1 is 0.923 bits per heavy atom. The summed E-state index contributed by atoms with van der Waals surface area (Å²) in [5.74, 6) is 1.77. The van der Waals surface area contributed by atoms with Gasteiger partial charge >= 0.3 is 0 Å². The molecule has 2 aliphatic heterocycles. The number of benzene rings is 2. The summed E-state index contributed by atoms with van der Waals surface area (Å²) in [7, 11) is 0. The molecule has 2 aromatic rings. The Balaban J connectivity index is 1.39. The van der Waals surface area contributed by atoms with Crippen LogP contribution in [0, 0.1) is 0 Å². The number of hydrogen-bond acceptors (Lipinski definition) is 4. The Morgan fingerprint density at radius 3 is 1.81 bits per heavy atom. The molecule has 0 N–H and O–H groups in total. The first-order chi connectivity index (χ1) is 12.5. The van der Waals surface area contributed by atoms with Crippen molar-refractivity contribution >= 4 is 22.6 Å². The highest BCUT2D eigenvalue weighted by Gasteiger charge is 2.36. The molecule has 2 fully saturated rings. The van der Waals surface area contributed by atoms with Crippen molar-refractivity contribution in [3.05, 3.63) is 59.7 Å². The van der Waals surface area contributed by atoms with Gasteiger partial charge in [0.25, 0.3) is 0 Å². The van der Waals surface area contributed by atoms with E-state index in [-0.39, 0.29) is 17.6 Å². The molecule has 3 unspecified atom stereocenters. The molecule has 0 radical (unpaired) electrons. The van der Waals surface area contributed by atoms with Gasteiger partial charge in [0, 0.05) is 5.41 Å². The van der Waals surface area contributed by atoms with Crippen molar-refractivity contribution in [2.45, 2.75) is 35.6 Å². The molecule has 2 aromatic carbocycles. The summed E-state index contributed by atoms with van der Waals surface area (Å²) in [6.07, 6.45) is 0.514. The van der Waals surface area contributed by atoms with E-state index in [4.69, 9.17) is 18.9 Å². The van der Waals surface area contributed by atoms with E-state index in [9.17, 15) is 0 Å². The fraction of sp³-hybridized carbons (Fsp3) is 0.429. The van der Waals surface area contributed by atoms with Gasteiger partial charge in [-0.1, -0.05) is 38.1 Å². The van der Waals surface area contributed by atoms with E-state index in [1.165, 1.54) is 11.1 Å². The molecule has 2 aliphatic rings. The minimum absolute atomic E-state index is 0.0937. The molecule has 0 amide bonds. The zero-order valence-electron chi connectivity index (χ0n) is 15.0. The van der Waals surface area contributed by atoms with Crippen LogP contribution in [0.3, 0.4) is 0 Å². The molecule has 0 spiro atoms. The minimum Gasteiger partial charge on any atom is -0.491 e. The van der Waals surface area contributed by atoms with Crippen LogP contribution in [-0.2, 0) is 14.9 Å². The van der Waals surface area contributed by atoms with E-state index in [0.29, 0.717) is 17.3 Å². The van der Waals surface area contributed by atoms with Crippen molar-refractivity contribution in [1.82, 2.24) is 0 Å². The minimum atomic E-state index is -0.0937. The number of ether oxygens (including phenoxy) is 4. The summed E-state index contributed by atoms with van der Waals surface area (Å²) in [4.78, 5) is 0. The second-order valence-corrected chi connectivity index (χ2v) is 8.50. The number of halogens is 1. The van der Waals surface area contributed by atoms with Gasteiger partial charge in [0.15, 0.2) is 0 Å². The van der Waals surface area contributed by atoms with Crippen LogP contribution >= 0.6 is 22.6 Å². The fourth-order valence-electron chi connectivity index (χ4n) is 2.87. The molecule has 0 aromatic heterocycles. The topological polar surface area (TPSA) is 43.5 Å². The molecule has 4 rings (SSSR count). The molecule has 138 valence electrons. The smallest absolute Gasteiger partial charge is 0.138 e. The van der Waals surface area contributed by atoms with Gasteiger partial charge in [0.1, 0.15) is 41.0 Å². The summed E-state index contributed by atoms with van der Waals surface area (Å²) in [5, 5.41) is 0. The Labute approximate surface area is 167 Å². The predicted octanol–water partition coefficient (Wildman–Crippen LogP) is 4.33. The third-order valence-corrected chi connectivity index (χ3v) is 6.02. The summed E-state index contributed by atoms with van der Waals surface area (Å²) in [6, 6.07) is 16.7. The van der Waals surface area contributed by atoms with Gasteiger partial charge in [-0.2, -0.15) is 0 Å². The van der Waals surface area contributed by atoms with Crippen molar-refractivity contribution in [2.75, 3.05) is 19.8 Å². The molecule has 26 heavy (non-hydrogen) atoms. The van der Waals surface area contributed by atoms with E-state index in [0.717, 1.165) is 18.1 Å². The van der Waals surface area contributed by atoms with E-state index < -0.39 is 0 Å². The highest BCUT2D eigenvalue weighted by atomic mass is 127. The summed E-state index contributed by atoms with van der Waals surface area (Å²) < 4.78 is 22.3. The third-order valence-electron chi connectivity index (χ3n) is 4.93. The maximum Gasteiger partial charge on any atom is 0.138 e. The molecular weight excluding hydrogens is 443 g/mol. The molecule has 4 nitrogen and oxygen atoms in total. The van der Waals surface area contributed by atoms with Gasteiger partial charge < -0.3 is 18.9 Å². The van der Waals surface area contributed by atoms with Gasteiger partial charge in [-0.3, -0.25) is 0 Å². The van der Waals surface area contributed by atoms with Gasteiger partial charge in [-0.05, 0) is 58.0 Å². The van der Waals surface area contributed by atoms with Gasteiger partial charge in [-0.25, -0.2) is 0 Å². The first kappa shape index (κ1) is 18.1.